The molecule has 0 spiro atoms. The second-order valence-corrected chi connectivity index (χ2v) is 6.28. The van der Waals surface area contributed by atoms with Crippen LogP contribution >= 0.6 is 24.8 Å². The van der Waals surface area contributed by atoms with Crippen molar-refractivity contribution in [1.29, 1.82) is 5.26 Å². The molecule has 0 aliphatic carbocycles. The second-order valence-electron chi connectivity index (χ2n) is 6.28. The van der Waals surface area contributed by atoms with Gasteiger partial charge in [0.1, 0.15) is 28.9 Å². The van der Waals surface area contributed by atoms with Crippen molar-refractivity contribution in [1.82, 2.24) is 10.2 Å². The van der Waals surface area contributed by atoms with Crippen LogP contribution in [0.25, 0.3) is 0 Å². The number of alkyl halides is 3. The molecule has 164 valence electrons. The van der Waals surface area contributed by atoms with Crippen LogP contribution in [0.2, 0.25) is 0 Å². The number of benzene rings is 2. The van der Waals surface area contributed by atoms with E-state index >= 15 is 0 Å². The van der Waals surface area contributed by atoms with E-state index in [1.807, 2.05) is 4.90 Å². The second kappa shape index (κ2) is 10.7. The number of phenols is 1. The molecule has 1 aliphatic heterocycles. The summed E-state index contributed by atoms with van der Waals surface area (Å²) in [5.74, 6) is -1.67. The number of aromatic hydroxyl groups is 1. The Labute approximate surface area is 183 Å². The Morgan fingerprint density at radius 2 is 1.67 bits per heavy atom. The van der Waals surface area contributed by atoms with Gasteiger partial charge in [-0.25, -0.2) is 4.39 Å². The third kappa shape index (κ3) is 5.89. The minimum absolute atomic E-state index is 0. The van der Waals surface area contributed by atoms with E-state index in [1.165, 1.54) is 30.3 Å². The topological polar surface area (TPSA) is 68.5 Å². The molecular formula is C19H19Cl2F4N3O2. The third-order valence-corrected chi connectivity index (χ3v) is 4.51. The monoisotopic (exact) mass is 467 g/mol. The highest BCUT2D eigenvalue weighted by atomic mass is 35.5. The number of hydrogen-bond donors (Lipinski definition) is 2. The zero-order valence-electron chi connectivity index (χ0n) is 15.4. The van der Waals surface area contributed by atoms with Gasteiger partial charge in [-0.3, -0.25) is 4.90 Å². The molecule has 0 unspecified atom stereocenters. The van der Waals surface area contributed by atoms with Crippen LogP contribution in [0.3, 0.4) is 0 Å². The van der Waals surface area contributed by atoms with Crippen LogP contribution < -0.4 is 10.1 Å². The molecule has 5 nitrogen and oxygen atoms in total. The van der Waals surface area contributed by atoms with E-state index < -0.39 is 29.5 Å². The van der Waals surface area contributed by atoms with Gasteiger partial charge in [-0.1, -0.05) is 18.2 Å². The average molecular weight is 468 g/mol. The third-order valence-electron chi connectivity index (χ3n) is 4.51. The Kier molecular flexibility index (Phi) is 9.18. The Morgan fingerprint density at radius 1 is 1.07 bits per heavy atom. The van der Waals surface area contributed by atoms with Crippen LogP contribution in [0.4, 0.5) is 17.6 Å². The number of hydrogen-bond acceptors (Lipinski definition) is 5. The standard InChI is InChI=1S/C19H17F4N3O2.2ClH/c20-16-6-5-14(18(27)15(16)11-24)17(26-9-7-25-8-10-26)12-1-3-13(4-2-12)28-19(21,22)23;;/h1-6,17,25,27H,7-10H2;2*1H/t17-;;/m1../s1. The molecule has 1 saturated heterocycles. The first-order valence-electron chi connectivity index (χ1n) is 8.52. The Hall–Kier alpha value is -2.25. The van der Waals surface area contributed by atoms with Crippen LogP contribution in [0.15, 0.2) is 36.4 Å². The van der Waals surface area contributed by atoms with Crippen molar-refractivity contribution in [2.24, 2.45) is 0 Å². The zero-order valence-corrected chi connectivity index (χ0v) is 17.1. The summed E-state index contributed by atoms with van der Waals surface area (Å²) < 4.78 is 54.9. The van der Waals surface area contributed by atoms with Crippen LogP contribution in [0, 0.1) is 17.1 Å². The number of nitriles is 1. The van der Waals surface area contributed by atoms with Crippen molar-refractivity contribution in [3.05, 3.63) is 58.9 Å². The van der Waals surface area contributed by atoms with Crippen molar-refractivity contribution >= 4 is 24.8 Å². The molecule has 11 heteroatoms. The predicted octanol–water partition coefficient (Wildman–Crippen LogP) is 4.14. The van der Waals surface area contributed by atoms with E-state index in [0.717, 1.165) is 6.07 Å². The average Bonchev–Trinajstić information content (AvgIpc) is 2.65. The summed E-state index contributed by atoms with van der Waals surface area (Å²) in [6, 6.07) is 8.87. The quantitative estimate of drug-likeness (QED) is 0.661. The maximum absolute atomic E-state index is 13.8. The summed E-state index contributed by atoms with van der Waals surface area (Å²) in [7, 11) is 0. The van der Waals surface area contributed by atoms with Gasteiger partial charge in [0.2, 0.25) is 0 Å². The molecule has 0 amide bonds. The van der Waals surface area contributed by atoms with Gasteiger partial charge >= 0.3 is 6.36 Å². The molecule has 0 aromatic heterocycles. The molecule has 3 rings (SSSR count). The van der Waals surface area contributed by atoms with E-state index in [-0.39, 0.29) is 30.6 Å². The van der Waals surface area contributed by atoms with Crippen LogP contribution in [-0.4, -0.2) is 42.5 Å². The predicted molar refractivity (Wildman–Crippen MR) is 107 cm³/mol. The zero-order chi connectivity index (χ0) is 20.3. The minimum Gasteiger partial charge on any atom is -0.506 e. The first-order valence-corrected chi connectivity index (χ1v) is 8.52. The van der Waals surface area contributed by atoms with E-state index in [4.69, 9.17) is 5.26 Å². The fourth-order valence-corrected chi connectivity index (χ4v) is 3.29. The molecule has 0 bridgehead atoms. The maximum atomic E-state index is 13.8. The van der Waals surface area contributed by atoms with Gasteiger partial charge in [-0.05, 0) is 23.8 Å². The van der Waals surface area contributed by atoms with E-state index in [1.54, 1.807) is 6.07 Å². The minimum atomic E-state index is -4.80. The molecule has 1 heterocycles. The van der Waals surface area contributed by atoms with Gasteiger partial charge in [0.15, 0.2) is 0 Å². The number of phenolic OH excluding ortho intramolecular Hbond substituents is 1. The summed E-state index contributed by atoms with van der Waals surface area (Å²) in [6.45, 7) is 2.56. The SMILES string of the molecule is Cl.Cl.N#Cc1c(F)ccc([C@@H](c2ccc(OC(F)(F)F)cc2)N2CCNCC2)c1O. The fraction of sp³-hybridized carbons (Fsp3) is 0.316. The molecule has 0 saturated carbocycles. The largest absolute Gasteiger partial charge is 0.573 e. The van der Waals surface area contributed by atoms with Gasteiger partial charge in [-0.15, -0.1) is 38.0 Å². The number of piperazine rings is 1. The van der Waals surface area contributed by atoms with Crippen molar-refractivity contribution < 1.29 is 27.4 Å². The lowest BCUT2D eigenvalue weighted by Gasteiger charge is -2.36. The molecule has 2 N–H and O–H groups in total. The Balaban J connectivity index is 0.00000225. The first-order chi connectivity index (χ1) is 13.3. The maximum Gasteiger partial charge on any atom is 0.573 e. The van der Waals surface area contributed by atoms with Crippen molar-refractivity contribution in [3.8, 4) is 17.6 Å². The molecule has 2 aromatic rings. The summed E-state index contributed by atoms with van der Waals surface area (Å²) in [6.07, 6.45) is -4.80. The molecular weight excluding hydrogens is 449 g/mol. The highest BCUT2D eigenvalue weighted by Crippen LogP contribution is 2.38. The molecule has 1 fully saturated rings. The van der Waals surface area contributed by atoms with Crippen molar-refractivity contribution in [3.63, 3.8) is 0 Å². The normalized spacial score (nSPS) is 15.3. The smallest absolute Gasteiger partial charge is 0.506 e. The summed E-state index contributed by atoms with van der Waals surface area (Å²) >= 11 is 0. The lowest BCUT2D eigenvalue weighted by atomic mass is 9.93. The highest BCUT2D eigenvalue weighted by molar-refractivity contribution is 5.85. The number of nitrogens with one attached hydrogen (secondary N) is 1. The lowest BCUT2D eigenvalue weighted by molar-refractivity contribution is -0.274. The number of rotatable bonds is 4. The summed E-state index contributed by atoms with van der Waals surface area (Å²) in [5, 5.41) is 22.8. The fourth-order valence-electron chi connectivity index (χ4n) is 3.29. The summed E-state index contributed by atoms with van der Waals surface area (Å²) in [4.78, 5) is 2.00. The highest BCUT2D eigenvalue weighted by Gasteiger charge is 2.32. The van der Waals surface area contributed by atoms with Crippen molar-refractivity contribution in [2.75, 3.05) is 26.2 Å². The first kappa shape index (κ1) is 25.8. The molecule has 0 radical (unpaired) electrons. The van der Waals surface area contributed by atoms with Crippen molar-refractivity contribution in [2.45, 2.75) is 12.4 Å². The van der Waals surface area contributed by atoms with Gasteiger partial charge in [0.25, 0.3) is 0 Å². The van der Waals surface area contributed by atoms with Gasteiger partial charge < -0.3 is 15.2 Å². The van der Waals surface area contributed by atoms with E-state index in [9.17, 15) is 22.7 Å². The van der Waals surface area contributed by atoms with Crippen LogP contribution in [-0.2, 0) is 0 Å². The molecule has 1 atom stereocenters. The molecule has 1 aliphatic rings. The summed E-state index contributed by atoms with van der Waals surface area (Å²) in [5.41, 5.74) is 0.432. The van der Waals surface area contributed by atoms with Gasteiger partial charge in [0.05, 0.1) is 6.04 Å². The number of ether oxygens (including phenoxy) is 1. The Bertz CT molecular complexity index is 883. The van der Waals surface area contributed by atoms with Crippen LogP contribution in [0.1, 0.15) is 22.7 Å². The van der Waals surface area contributed by atoms with E-state index in [0.29, 0.717) is 37.3 Å². The Morgan fingerprint density at radius 3 is 2.20 bits per heavy atom. The number of nitrogens with zero attached hydrogens (tertiary/aromatic N) is 2. The van der Waals surface area contributed by atoms with Crippen LogP contribution in [0.5, 0.6) is 11.5 Å². The van der Waals surface area contributed by atoms with E-state index in [2.05, 4.69) is 10.1 Å². The van der Waals surface area contributed by atoms with Gasteiger partial charge in [0, 0.05) is 31.7 Å². The lowest BCUT2D eigenvalue weighted by Crippen LogP contribution is -2.45. The number of halogens is 6. The van der Waals surface area contributed by atoms with Gasteiger partial charge in [-0.2, -0.15) is 5.26 Å². The molecule has 2 aromatic carbocycles. The molecule has 30 heavy (non-hydrogen) atoms.